The summed E-state index contributed by atoms with van der Waals surface area (Å²) in [6.07, 6.45) is -0.944. The van der Waals surface area contributed by atoms with Crippen LogP contribution in [0.25, 0.3) is 0 Å². The molecule has 1 heterocycles. The summed E-state index contributed by atoms with van der Waals surface area (Å²) in [5, 5.41) is 4.79. The molecule has 0 spiro atoms. The molecule has 1 fully saturated rings. The van der Waals surface area contributed by atoms with Gasteiger partial charge >= 0.3 is 11.8 Å². The minimum absolute atomic E-state index is 0.0461. The molecule has 0 aromatic heterocycles. The average Bonchev–Trinajstić information content (AvgIpc) is 3.26. The Labute approximate surface area is 179 Å². The summed E-state index contributed by atoms with van der Waals surface area (Å²) in [5.74, 6) is -1.71. The highest BCUT2D eigenvalue weighted by atomic mass is 32.2. The van der Waals surface area contributed by atoms with Crippen LogP contribution in [0.3, 0.4) is 0 Å². The summed E-state index contributed by atoms with van der Waals surface area (Å²) in [5.41, 5.74) is 0.624. The first-order chi connectivity index (χ1) is 14.8. The molecule has 1 saturated heterocycles. The maximum atomic E-state index is 12.9. The van der Waals surface area contributed by atoms with Gasteiger partial charge in [0.25, 0.3) is 0 Å². The number of rotatable bonds is 7. The number of ether oxygens (including phenoxy) is 2. The summed E-state index contributed by atoms with van der Waals surface area (Å²) in [6.45, 7) is 0.126. The largest absolute Gasteiger partial charge is 0.497 e. The summed E-state index contributed by atoms with van der Waals surface area (Å²) >= 11 is 0. The van der Waals surface area contributed by atoms with Crippen molar-refractivity contribution in [3.05, 3.63) is 59.9 Å². The van der Waals surface area contributed by atoms with Gasteiger partial charge in [0.15, 0.2) is 0 Å². The first kappa shape index (κ1) is 22.7. The molecule has 0 bridgehead atoms. The van der Waals surface area contributed by atoms with Gasteiger partial charge in [-0.2, -0.15) is 4.31 Å². The van der Waals surface area contributed by atoms with Crippen molar-refractivity contribution in [2.75, 3.05) is 26.8 Å². The van der Waals surface area contributed by atoms with Gasteiger partial charge in [0, 0.05) is 13.1 Å². The second-order valence-electron chi connectivity index (χ2n) is 6.64. The van der Waals surface area contributed by atoms with Crippen LogP contribution in [0.5, 0.6) is 5.75 Å². The van der Waals surface area contributed by atoms with Crippen LogP contribution in [-0.4, -0.2) is 57.6 Å². The van der Waals surface area contributed by atoms with Crippen LogP contribution in [0, 0.1) is 5.82 Å². The van der Waals surface area contributed by atoms with Gasteiger partial charge in [-0.15, -0.1) is 0 Å². The fraction of sp³-hybridized carbons (Fsp3) is 0.300. The third-order valence-electron chi connectivity index (χ3n) is 4.62. The van der Waals surface area contributed by atoms with Crippen molar-refractivity contribution in [2.24, 2.45) is 0 Å². The Morgan fingerprint density at radius 3 is 2.39 bits per heavy atom. The molecule has 0 saturated carbocycles. The molecule has 31 heavy (non-hydrogen) atoms. The highest BCUT2D eigenvalue weighted by Crippen LogP contribution is 2.23. The van der Waals surface area contributed by atoms with Gasteiger partial charge < -0.3 is 20.1 Å². The molecule has 1 atom stereocenters. The fourth-order valence-electron chi connectivity index (χ4n) is 2.95. The summed E-state index contributed by atoms with van der Waals surface area (Å²) in [7, 11) is -2.38. The molecule has 11 heteroatoms. The normalized spacial score (nSPS) is 16.6. The number of carbonyl (C=O) groups is 2. The number of hydrogen-bond donors (Lipinski definition) is 2. The average molecular weight is 451 g/mol. The molecule has 0 aliphatic carbocycles. The highest BCUT2D eigenvalue weighted by molar-refractivity contribution is 7.89. The Morgan fingerprint density at radius 1 is 1.10 bits per heavy atom. The third kappa shape index (κ3) is 5.57. The number of carbonyl (C=O) groups excluding carboxylic acids is 2. The van der Waals surface area contributed by atoms with Gasteiger partial charge in [-0.3, -0.25) is 9.59 Å². The Kier molecular flexibility index (Phi) is 7.21. The number of methoxy groups -OCH3 is 1. The van der Waals surface area contributed by atoms with Gasteiger partial charge in [-0.1, -0.05) is 12.1 Å². The molecule has 1 aliphatic heterocycles. The van der Waals surface area contributed by atoms with Gasteiger partial charge in [0.2, 0.25) is 10.0 Å². The molecule has 2 amide bonds. The van der Waals surface area contributed by atoms with E-state index in [1.807, 2.05) is 0 Å². The van der Waals surface area contributed by atoms with Crippen molar-refractivity contribution >= 4 is 21.8 Å². The molecule has 2 aromatic rings. The van der Waals surface area contributed by atoms with Gasteiger partial charge in [0.1, 0.15) is 17.8 Å². The zero-order valence-electron chi connectivity index (χ0n) is 16.7. The van der Waals surface area contributed by atoms with Crippen LogP contribution >= 0.6 is 0 Å². The highest BCUT2D eigenvalue weighted by Gasteiger charge is 2.36. The van der Waals surface area contributed by atoms with E-state index in [0.717, 1.165) is 4.31 Å². The predicted molar refractivity (Wildman–Crippen MR) is 108 cm³/mol. The van der Waals surface area contributed by atoms with E-state index in [2.05, 4.69) is 10.6 Å². The molecular formula is C20H22FN3O6S. The lowest BCUT2D eigenvalue weighted by Crippen LogP contribution is -2.47. The van der Waals surface area contributed by atoms with Crippen molar-refractivity contribution in [1.29, 1.82) is 0 Å². The van der Waals surface area contributed by atoms with Crippen LogP contribution in [0.15, 0.2) is 53.4 Å². The number of nitrogens with zero attached hydrogens (tertiary/aromatic N) is 1. The van der Waals surface area contributed by atoms with E-state index in [1.54, 1.807) is 0 Å². The Balaban J connectivity index is 1.55. The van der Waals surface area contributed by atoms with E-state index in [1.165, 1.54) is 55.6 Å². The number of nitrogens with one attached hydrogen (secondary N) is 2. The second-order valence-corrected chi connectivity index (χ2v) is 8.53. The van der Waals surface area contributed by atoms with E-state index in [0.29, 0.717) is 11.3 Å². The minimum Gasteiger partial charge on any atom is -0.497 e. The molecule has 2 aromatic carbocycles. The van der Waals surface area contributed by atoms with Crippen molar-refractivity contribution in [3.63, 3.8) is 0 Å². The number of hydrogen-bond acceptors (Lipinski definition) is 6. The topological polar surface area (TPSA) is 114 Å². The number of halogens is 1. The maximum Gasteiger partial charge on any atom is 0.309 e. The fourth-order valence-corrected chi connectivity index (χ4v) is 4.46. The molecule has 0 radical (unpaired) electrons. The molecule has 9 nitrogen and oxygen atoms in total. The first-order valence-corrected chi connectivity index (χ1v) is 10.8. The molecule has 1 aliphatic rings. The first-order valence-electron chi connectivity index (χ1n) is 9.39. The van der Waals surface area contributed by atoms with Crippen LogP contribution < -0.4 is 15.4 Å². The smallest absolute Gasteiger partial charge is 0.309 e. The molecule has 166 valence electrons. The summed E-state index contributed by atoms with van der Waals surface area (Å²) < 4.78 is 50.3. The number of benzene rings is 2. The number of amides is 2. The van der Waals surface area contributed by atoms with Crippen molar-refractivity contribution < 1.29 is 31.9 Å². The third-order valence-corrected chi connectivity index (χ3v) is 6.52. The summed E-state index contributed by atoms with van der Waals surface area (Å²) in [4.78, 5) is 24.1. The van der Waals surface area contributed by atoms with E-state index in [9.17, 15) is 22.4 Å². The van der Waals surface area contributed by atoms with Gasteiger partial charge in [-0.05, 0) is 42.0 Å². The van der Waals surface area contributed by atoms with Crippen molar-refractivity contribution in [2.45, 2.75) is 17.7 Å². The van der Waals surface area contributed by atoms with E-state index in [-0.39, 0.29) is 31.1 Å². The Hall–Kier alpha value is -3.02. The molecule has 0 unspecified atom stereocenters. The van der Waals surface area contributed by atoms with Gasteiger partial charge in [-0.25, -0.2) is 12.8 Å². The van der Waals surface area contributed by atoms with Crippen molar-refractivity contribution in [1.82, 2.24) is 14.9 Å². The van der Waals surface area contributed by atoms with Crippen LogP contribution in [0.2, 0.25) is 0 Å². The van der Waals surface area contributed by atoms with E-state index in [4.69, 9.17) is 9.47 Å². The van der Waals surface area contributed by atoms with E-state index >= 15 is 0 Å². The monoisotopic (exact) mass is 451 g/mol. The SMILES string of the molecule is COc1ccc(S(=O)(=O)N2CCO[C@@H]2CNC(=O)C(=O)NCc2ccc(F)cc2)cc1. The standard InChI is InChI=1S/C20H22FN3O6S/c1-29-16-6-8-17(9-7-16)31(27,28)24-10-11-30-18(24)13-23-20(26)19(25)22-12-14-2-4-15(21)5-3-14/h2-9,18H,10-13H2,1H3,(H,22,25)(H,23,26)/t18-/m1/s1. The zero-order chi connectivity index (χ0) is 22.4. The zero-order valence-corrected chi connectivity index (χ0v) is 17.5. The van der Waals surface area contributed by atoms with E-state index < -0.39 is 33.9 Å². The lowest BCUT2D eigenvalue weighted by atomic mass is 10.2. The lowest BCUT2D eigenvalue weighted by Gasteiger charge is -2.23. The maximum absolute atomic E-state index is 12.9. The van der Waals surface area contributed by atoms with Crippen LogP contribution in [0.4, 0.5) is 4.39 Å². The summed E-state index contributed by atoms with van der Waals surface area (Å²) in [6, 6.07) is 11.4. The predicted octanol–water partition coefficient (Wildman–Crippen LogP) is 0.614. The van der Waals surface area contributed by atoms with Gasteiger partial charge in [0.05, 0.1) is 25.2 Å². The lowest BCUT2D eigenvalue weighted by molar-refractivity contribution is -0.139. The quantitative estimate of drug-likeness (QED) is 0.597. The Bertz CT molecular complexity index is 1030. The molecular weight excluding hydrogens is 429 g/mol. The Morgan fingerprint density at radius 2 is 1.74 bits per heavy atom. The van der Waals surface area contributed by atoms with Crippen molar-refractivity contribution in [3.8, 4) is 5.75 Å². The second kappa shape index (κ2) is 9.86. The number of sulfonamides is 1. The van der Waals surface area contributed by atoms with Crippen LogP contribution in [-0.2, 0) is 30.9 Å². The molecule has 3 rings (SSSR count). The minimum atomic E-state index is -3.86. The van der Waals surface area contributed by atoms with Crippen LogP contribution in [0.1, 0.15) is 5.56 Å². The molecule has 2 N–H and O–H groups in total.